The van der Waals surface area contributed by atoms with E-state index in [-0.39, 0.29) is 42.9 Å². The lowest BCUT2D eigenvalue weighted by molar-refractivity contribution is -0.148. The normalized spacial score (nSPS) is 21.1. The Balaban J connectivity index is 1.65. The molecule has 0 radical (unpaired) electrons. The number of hydrogen-bond donors (Lipinski definition) is 0. The molecule has 2 saturated heterocycles. The van der Waals surface area contributed by atoms with Crippen LogP contribution in [-0.2, 0) is 25.8 Å². The van der Waals surface area contributed by atoms with Gasteiger partial charge in [0, 0.05) is 38.1 Å². The first-order valence-corrected chi connectivity index (χ1v) is 11.9. The number of amides is 2. The summed E-state index contributed by atoms with van der Waals surface area (Å²) in [7, 11) is -3.97. The summed E-state index contributed by atoms with van der Waals surface area (Å²) in [6.45, 7) is 6.33. The van der Waals surface area contributed by atoms with Crippen molar-refractivity contribution in [3.63, 3.8) is 0 Å². The Bertz CT molecular complexity index is 963. The van der Waals surface area contributed by atoms with E-state index in [4.69, 9.17) is 0 Å². The highest BCUT2D eigenvalue weighted by atomic mass is 32.2. The van der Waals surface area contributed by atoms with Crippen LogP contribution >= 0.6 is 0 Å². The summed E-state index contributed by atoms with van der Waals surface area (Å²) >= 11 is 0. The highest BCUT2D eigenvalue weighted by Crippen LogP contribution is 2.31. The van der Waals surface area contributed by atoms with Gasteiger partial charge in [-0.3, -0.25) is 9.59 Å². The van der Waals surface area contributed by atoms with Crippen LogP contribution in [0.1, 0.15) is 39.2 Å². The predicted molar refractivity (Wildman–Crippen MR) is 111 cm³/mol. The van der Waals surface area contributed by atoms with E-state index in [9.17, 15) is 31.2 Å². The van der Waals surface area contributed by atoms with Gasteiger partial charge in [-0.25, -0.2) is 8.42 Å². The fourth-order valence-corrected chi connectivity index (χ4v) is 5.44. The van der Waals surface area contributed by atoms with Gasteiger partial charge in [0.05, 0.1) is 10.5 Å². The summed E-state index contributed by atoms with van der Waals surface area (Å²) in [5, 5.41) is 0. The molecule has 7 nitrogen and oxygen atoms in total. The van der Waals surface area contributed by atoms with Crippen LogP contribution < -0.4 is 0 Å². The van der Waals surface area contributed by atoms with Crippen molar-refractivity contribution in [2.75, 3.05) is 32.7 Å². The zero-order valence-corrected chi connectivity index (χ0v) is 19.2. The molecule has 0 aromatic heterocycles. The quantitative estimate of drug-likeness (QED) is 0.673. The topological polar surface area (TPSA) is 78.0 Å². The van der Waals surface area contributed by atoms with Gasteiger partial charge in [0.25, 0.3) is 0 Å². The third-order valence-electron chi connectivity index (χ3n) is 5.81. The lowest BCUT2D eigenvalue weighted by atomic mass is 9.94. The number of nitrogens with zero attached hydrogens (tertiary/aromatic N) is 3. The van der Waals surface area contributed by atoms with Crippen molar-refractivity contribution in [1.82, 2.24) is 14.1 Å². The number of carbonyl (C=O) groups is 2. The number of carbonyl (C=O) groups excluding carboxylic acids is 2. The van der Waals surface area contributed by atoms with E-state index in [0.29, 0.717) is 13.0 Å². The lowest BCUT2D eigenvalue weighted by Crippen LogP contribution is -2.56. The van der Waals surface area contributed by atoms with Gasteiger partial charge in [0.1, 0.15) is 6.04 Å². The Hall–Kier alpha value is -2.14. The molecule has 2 aliphatic heterocycles. The molecule has 32 heavy (non-hydrogen) atoms. The molecular formula is C21H28F3N3O4S. The molecule has 0 unspecified atom stereocenters. The lowest BCUT2D eigenvalue weighted by Gasteiger charge is -2.37. The highest BCUT2D eigenvalue weighted by Gasteiger charge is 2.41. The molecule has 2 amide bonds. The molecule has 2 heterocycles. The van der Waals surface area contributed by atoms with Gasteiger partial charge in [-0.05, 0) is 37.1 Å². The van der Waals surface area contributed by atoms with Crippen LogP contribution in [0.2, 0.25) is 0 Å². The molecular weight excluding hydrogens is 447 g/mol. The standard InChI is InChI=1S/C21H28F3N3O4S/c1-20(2,3)19(29)27-10-4-5-17(27)18(28)25-11-13-26(14-12-25)32(30,31)16-8-6-15(7-9-16)21(22,23)24/h6-9,17H,4-5,10-14H2,1-3H3/t17-/m0/s1. The zero-order chi connectivity index (χ0) is 23.9. The van der Waals surface area contributed by atoms with Crippen LogP contribution in [0.4, 0.5) is 13.2 Å². The fraction of sp³-hybridized carbons (Fsp3) is 0.619. The molecule has 1 atom stereocenters. The van der Waals surface area contributed by atoms with E-state index >= 15 is 0 Å². The number of rotatable bonds is 3. The van der Waals surface area contributed by atoms with Crippen LogP contribution in [0, 0.1) is 5.41 Å². The van der Waals surface area contributed by atoms with Crippen LogP contribution in [0.15, 0.2) is 29.2 Å². The van der Waals surface area contributed by atoms with E-state index in [1.165, 1.54) is 4.31 Å². The summed E-state index contributed by atoms with van der Waals surface area (Å²) in [4.78, 5) is 28.7. The molecule has 1 aromatic carbocycles. The van der Waals surface area contributed by atoms with Gasteiger partial charge >= 0.3 is 6.18 Å². The molecule has 0 spiro atoms. The van der Waals surface area contributed by atoms with Gasteiger partial charge in [-0.15, -0.1) is 0 Å². The highest BCUT2D eigenvalue weighted by molar-refractivity contribution is 7.89. The van der Waals surface area contributed by atoms with Crippen molar-refractivity contribution in [3.8, 4) is 0 Å². The second-order valence-corrected chi connectivity index (χ2v) is 11.1. The molecule has 2 fully saturated rings. The first kappa shape index (κ1) is 24.5. The van der Waals surface area contributed by atoms with Gasteiger partial charge in [0.2, 0.25) is 21.8 Å². The summed E-state index contributed by atoms with van der Waals surface area (Å²) in [6.07, 6.45) is -3.23. The Labute approximate surface area is 186 Å². The Morgan fingerprint density at radius 1 is 0.938 bits per heavy atom. The summed E-state index contributed by atoms with van der Waals surface area (Å²) < 4.78 is 65.0. The first-order chi connectivity index (χ1) is 14.7. The molecule has 3 rings (SSSR count). The minimum absolute atomic E-state index is 0.0367. The first-order valence-electron chi connectivity index (χ1n) is 10.5. The number of alkyl halides is 3. The monoisotopic (exact) mass is 475 g/mol. The largest absolute Gasteiger partial charge is 0.416 e. The number of likely N-dealkylation sites (tertiary alicyclic amines) is 1. The fourth-order valence-electron chi connectivity index (χ4n) is 4.02. The molecule has 0 N–H and O–H groups in total. The smallest absolute Gasteiger partial charge is 0.338 e. The van der Waals surface area contributed by atoms with Gasteiger partial charge < -0.3 is 9.80 Å². The molecule has 0 bridgehead atoms. The molecule has 0 saturated carbocycles. The average molecular weight is 476 g/mol. The second-order valence-electron chi connectivity index (χ2n) is 9.16. The number of piperazine rings is 1. The van der Waals surface area contributed by atoms with E-state index in [2.05, 4.69) is 0 Å². The summed E-state index contributed by atoms with van der Waals surface area (Å²) in [6, 6.07) is 2.84. The van der Waals surface area contributed by atoms with E-state index in [1.807, 2.05) is 0 Å². The molecule has 11 heteroatoms. The summed E-state index contributed by atoms with van der Waals surface area (Å²) in [5.41, 5.74) is -1.52. The molecule has 0 aliphatic carbocycles. The van der Waals surface area contributed by atoms with E-state index in [0.717, 1.165) is 30.7 Å². The second kappa shape index (κ2) is 8.66. The Kier molecular flexibility index (Phi) is 6.63. The molecule has 1 aromatic rings. The zero-order valence-electron chi connectivity index (χ0n) is 18.4. The van der Waals surface area contributed by atoms with Crippen molar-refractivity contribution in [3.05, 3.63) is 29.8 Å². The maximum Gasteiger partial charge on any atom is 0.416 e. The number of benzene rings is 1. The van der Waals surface area contributed by atoms with Crippen LogP contribution in [0.5, 0.6) is 0 Å². The van der Waals surface area contributed by atoms with Crippen LogP contribution in [0.25, 0.3) is 0 Å². The maximum atomic E-state index is 13.1. The maximum absolute atomic E-state index is 13.1. The Morgan fingerprint density at radius 3 is 2.00 bits per heavy atom. The van der Waals surface area contributed by atoms with Crippen molar-refractivity contribution in [1.29, 1.82) is 0 Å². The minimum atomic E-state index is -4.54. The van der Waals surface area contributed by atoms with Crippen LogP contribution in [-0.4, -0.2) is 73.1 Å². The van der Waals surface area contributed by atoms with Crippen LogP contribution in [0.3, 0.4) is 0 Å². The predicted octanol–water partition coefficient (Wildman–Crippen LogP) is 2.58. The third-order valence-corrected chi connectivity index (χ3v) is 7.72. The molecule has 2 aliphatic rings. The minimum Gasteiger partial charge on any atom is -0.338 e. The van der Waals surface area contributed by atoms with E-state index < -0.39 is 33.2 Å². The van der Waals surface area contributed by atoms with Gasteiger partial charge in [-0.2, -0.15) is 17.5 Å². The number of hydrogen-bond acceptors (Lipinski definition) is 4. The van der Waals surface area contributed by atoms with Gasteiger partial charge in [0.15, 0.2) is 0 Å². The van der Waals surface area contributed by atoms with Crippen molar-refractivity contribution >= 4 is 21.8 Å². The summed E-state index contributed by atoms with van der Waals surface area (Å²) in [5.74, 6) is -0.274. The SMILES string of the molecule is CC(C)(C)C(=O)N1CCC[C@H]1C(=O)N1CCN(S(=O)(=O)c2ccc(C(F)(F)F)cc2)CC1. The van der Waals surface area contributed by atoms with Crippen molar-refractivity contribution in [2.45, 2.75) is 50.7 Å². The van der Waals surface area contributed by atoms with Gasteiger partial charge in [-0.1, -0.05) is 20.8 Å². The molecule has 178 valence electrons. The number of sulfonamides is 1. The van der Waals surface area contributed by atoms with E-state index in [1.54, 1.807) is 30.6 Å². The Morgan fingerprint density at radius 2 is 1.50 bits per heavy atom. The van der Waals surface area contributed by atoms with Crippen molar-refractivity contribution in [2.24, 2.45) is 5.41 Å². The average Bonchev–Trinajstić information content (AvgIpc) is 3.21. The third kappa shape index (κ3) is 4.93. The van der Waals surface area contributed by atoms with Crippen molar-refractivity contribution < 1.29 is 31.2 Å². The number of halogens is 3.